The zero-order valence-corrected chi connectivity index (χ0v) is 11.6. The predicted molar refractivity (Wildman–Crippen MR) is 68.7 cm³/mol. The molecule has 0 amide bonds. The SMILES string of the molecule is Cc1ccc(-n2c(C)nnc2S(C)(=O)=O)cc1C. The van der Waals surface area contributed by atoms with Gasteiger partial charge in [0.15, 0.2) is 0 Å². The van der Waals surface area contributed by atoms with Gasteiger partial charge in [-0.3, -0.25) is 4.57 Å². The van der Waals surface area contributed by atoms with Crippen LogP contribution >= 0.6 is 0 Å². The Morgan fingerprint density at radius 1 is 1.06 bits per heavy atom. The Morgan fingerprint density at radius 3 is 2.28 bits per heavy atom. The van der Waals surface area contributed by atoms with Crippen LogP contribution in [0.5, 0.6) is 0 Å². The predicted octanol–water partition coefficient (Wildman–Crippen LogP) is 1.60. The molecule has 0 aliphatic heterocycles. The molecule has 0 atom stereocenters. The minimum absolute atomic E-state index is 0.0248. The van der Waals surface area contributed by atoms with Gasteiger partial charge in [0.25, 0.3) is 5.16 Å². The summed E-state index contributed by atoms with van der Waals surface area (Å²) in [4.78, 5) is 0. The van der Waals surface area contributed by atoms with Gasteiger partial charge in [-0.1, -0.05) is 6.07 Å². The average molecular weight is 265 g/mol. The molecule has 2 aromatic rings. The maximum absolute atomic E-state index is 11.7. The molecule has 18 heavy (non-hydrogen) atoms. The van der Waals surface area contributed by atoms with Gasteiger partial charge in [-0.25, -0.2) is 8.42 Å². The van der Waals surface area contributed by atoms with Crippen molar-refractivity contribution in [3.8, 4) is 5.69 Å². The number of aryl methyl sites for hydroxylation is 3. The third-order valence-electron chi connectivity index (χ3n) is 2.88. The monoisotopic (exact) mass is 265 g/mol. The molecule has 96 valence electrons. The van der Waals surface area contributed by atoms with E-state index in [0.717, 1.165) is 23.1 Å². The van der Waals surface area contributed by atoms with E-state index in [1.165, 1.54) is 0 Å². The van der Waals surface area contributed by atoms with Crippen molar-refractivity contribution in [3.05, 3.63) is 35.2 Å². The lowest BCUT2D eigenvalue weighted by atomic mass is 10.1. The van der Waals surface area contributed by atoms with Crippen molar-refractivity contribution >= 4 is 9.84 Å². The second kappa shape index (κ2) is 4.20. The highest BCUT2D eigenvalue weighted by Crippen LogP contribution is 2.19. The van der Waals surface area contributed by atoms with Crippen LogP contribution in [0.4, 0.5) is 0 Å². The summed E-state index contributed by atoms with van der Waals surface area (Å²) in [6.07, 6.45) is 1.13. The lowest BCUT2D eigenvalue weighted by Crippen LogP contribution is -2.09. The Balaban J connectivity index is 2.71. The van der Waals surface area contributed by atoms with Crippen LogP contribution in [0.1, 0.15) is 17.0 Å². The molecule has 5 nitrogen and oxygen atoms in total. The van der Waals surface area contributed by atoms with Crippen LogP contribution in [0.15, 0.2) is 23.4 Å². The van der Waals surface area contributed by atoms with E-state index < -0.39 is 9.84 Å². The van der Waals surface area contributed by atoms with Crippen molar-refractivity contribution in [2.75, 3.05) is 6.26 Å². The quantitative estimate of drug-likeness (QED) is 0.827. The minimum atomic E-state index is -3.39. The molecule has 0 saturated heterocycles. The van der Waals surface area contributed by atoms with Crippen LogP contribution < -0.4 is 0 Å². The van der Waals surface area contributed by atoms with Crippen LogP contribution in [0.3, 0.4) is 0 Å². The van der Waals surface area contributed by atoms with Crippen molar-refractivity contribution in [2.45, 2.75) is 25.9 Å². The van der Waals surface area contributed by atoms with Crippen molar-refractivity contribution in [2.24, 2.45) is 0 Å². The Labute approximate surface area is 106 Å². The van der Waals surface area contributed by atoms with Gasteiger partial charge in [0, 0.05) is 11.9 Å². The van der Waals surface area contributed by atoms with Crippen LogP contribution in [0, 0.1) is 20.8 Å². The van der Waals surface area contributed by atoms with Crippen LogP contribution in [-0.2, 0) is 9.84 Å². The fourth-order valence-corrected chi connectivity index (χ4v) is 2.50. The molecule has 0 aliphatic rings. The number of benzene rings is 1. The maximum Gasteiger partial charge on any atom is 0.254 e. The minimum Gasteiger partial charge on any atom is -0.270 e. The van der Waals surface area contributed by atoms with E-state index >= 15 is 0 Å². The molecule has 1 aromatic heterocycles. The number of aromatic nitrogens is 3. The van der Waals surface area contributed by atoms with Gasteiger partial charge in [0.2, 0.25) is 9.84 Å². The average Bonchev–Trinajstić information content (AvgIpc) is 2.64. The molecule has 0 fully saturated rings. The number of nitrogens with zero attached hydrogens (tertiary/aromatic N) is 3. The van der Waals surface area contributed by atoms with Crippen LogP contribution in [-0.4, -0.2) is 29.4 Å². The summed E-state index contributed by atoms with van der Waals surface area (Å²) < 4.78 is 24.9. The smallest absolute Gasteiger partial charge is 0.254 e. The fourth-order valence-electron chi connectivity index (χ4n) is 1.74. The highest BCUT2D eigenvalue weighted by atomic mass is 32.2. The Bertz CT molecular complexity index is 702. The first kappa shape index (κ1) is 12.8. The first-order valence-corrected chi connectivity index (χ1v) is 7.39. The summed E-state index contributed by atoms with van der Waals surface area (Å²) in [5.74, 6) is 0.554. The molecule has 0 bridgehead atoms. The Kier molecular flexibility index (Phi) is 2.98. The third-order valence-corrected chi connectivity index (χ3v) is 3.80. The normalized spacial score (nSPS) is 11.8. The van der Waals surface area contributed by atoms with E-state index in [0.29, 0.717) is 5.82 Å². The van der Waals surface area contributed by atoms with Crippen molar-refractivity contribution in [3.63, 3.8) is 0 Å². The summed E-state index contributed by atoms with van der Waals surface area (Å²) in [7, 11) is -3.39. The largest absolute Gasteiger partial charge is 0.270 e. The van der Waals surface area contributed by atoms with Gasteiger partial charge in [0.1, 0.15) is 5.82 Å². The molecule has 0 unspecified atom stereocenters. The van der Waals surface area contributed by atoms with Gasteiger partial charge >= 0.3 is 0 Å². The zero-order valence-electron chi connectivity index (χ0n) is 10.8. The standard InChI is InChI=1S/C12H15N3O2S/c1-8-5-6-11(7-9(8)2)15-10(3)13-14-12(15)18(4,16)17/h5-7H,1-4H3. The number of hydrogen-bond donors (Lipinski definition) is 0. The number of hydrogen-bond acceptors (Lipinski definition) is 4. The van der Waals surface area contributed by atoms with E-state index in [1.54, 1.807) is 11.5 Å². The van der Waals surface area contributed by atoms with Crippen LogP contribution in [0.25, 0.3) is 5.69 Å². The lowest BCUT2D eigenvalue weighted by Gasteiger charge is -2.09. The molecule has 1 aromatic carbocycles. The van der Waals surface area contributed by atoms with E-state index in [4.69, 9.17) is 0 Å². The first-order valence-electron chi connectivity index (χ1n) is 5.50. The molecule has 1 heterocycles. The molecule has 6 heteroatoms. The van der Waals surface area contributed by atoms with Crippen LogP contribution in [0.2, 0.25) is 0 Å². The number of sulfone groups is 1. The molecule has 0 saturated carbocycles. The Hall–Kier alpha value is -1.69. The highest BCUT2D eigenvalue weighted by molar-refractivity contribution is 7.90. The summed E-state index contributed by atoms with van der Waals surface area (Å²) in [6.45, 7) is 5.73. The molecular formula is C12H15N3O2S. The van der Waals surface area contributed by atoms with Gasteiger partial charge < -0.3 is 0 Å². The first-order chi connectivity index (χ1) is 8.30. The number of rotatable bonds is 2. The lowest BCUT2D eigenvalue weighted by molar-refractivity contribution is 0.589. The van der Waals surface area contributed by atoms with Gasteiger partial charge in [-0.2, -0.15) is 0 Å². The topological polar surface area (TPSA) is 64.8 Å². The fraction of sp³-hybridized carbons (Fsp3) is 0.333. The molecule has 0 aliphatic carbocycles. The summed E-state index contributed by atoms with van der Waals surface area (Å²) in [5.41, 5.74) is 3.02. The van der Waals surface area contributed by atoms with Gasteiger partial charge in [-0.15, -0.1) is 10.2 Å². The Morgan fingerprint density at radius 2 is 1.72 bits per heavy atom. The maximum atomic E-state index is 11.7. The molecular weight excluding hydrogens is 250 g/mol. The van der Waals surface area contributed by atoms with Crippen molar-refractivity contribution in [1.29, 1.82) is 0 Å². The molecule has 0 radical (unpaired) electrons. The molecule has 0 spiro atoms. The summed E-state index contributed by atoms with van der Waals surface area (Å²) in [5, 5.41) is 7.56. The summed E-state index contributed by atoms with van der Waals surface area (Å²) in [6, 6.07) is 5.75. The molecule has 0 N–H and O–H groups in total. The van der Waals surface area contributed by atoms with Gasteiger partial charge in [-0.05, 0) is 44.0 Å². The third kappa shape index (κ3) is 2.15. The zero-order chi connectivity index (χ0) is 13.5. The van der Waals surface area contributed by atoms with Crippen molar-refractivity contribution in [1.82, 2.24) is 14.8 Å². The van der Waals surface area contributed by atoms with E-state index in [-0.39, 0.29) is 5.16 Å². The highest BCUT2D eigenvalue weighted by Gasteiger charge is 2.19. The van der Waals surface area contributed by atoms with E-state index in [2.05, 4.69) is 10.2 Å². The molecule has 2 rings (SSSR count). The van der Waals surface area contributed by atoms with Gasteiger partial charge in [0.05, 0.1) is 0 Å². The second-order valence-electron chi connectivity index (χ2n) is 4.41. The second-order valence-corrected chi connectivity index (χ2v) is 6.32. The summed E-state index contributed by atoms with van der Waals surface area (Å²) >= 11 is 0. The van der Waals surface area contributed by atoms with E-state index in [1.807, 2.05) is 32.0 Å². The van der Waals surface area contributed by atoms with Crippen molar-refractivity contribution < 1.29 is 8.42 Å². The van der Waals surface area contributed by atoms with E-state index in [9.17, 15) is 8.42 Å².